The van der Waals surface area contributed by atoms with E-state index in [1.807, 2.05) is 0 Å². The lowest BCUT2D eigenvalue weighted by atomic mass is 10.3. The molecule has 0 aliphatic rings. The molecule has 0 aromatic rings. The van der Waals surface area contributed by atoms with Gasteiger partial charge in [0.2, 0.25) is 0 Å². The summed E-state index contributed by atoms with van der Waals surface area (Å²) in [6, 6.07) is 0. The molecule has 0 aliphatic heterocycles. The first kappa shape index (κ1) is 9.91. The molecule has 0 heterocycles. The van der Waals surface area contributed by atoms with Crippen molar-refractivity contribution >= 4 is 11.8 Å². The van der Waals surface area contributed by atoms with Crippen LogP contribution >= 0.6 is 11.8 Å². The zero-order valence-electron chi connectivity index (χ0n) is 6.94. The summed E-state index contributed by atoms with van der Waals surface area (Å²) in [5.41, 5.74) is 0. The molecular formula is C9H16S. The summed E-state index contributed by atoms with van der Waals surface area (Å²) in [6.07, 6.45) is 4.81. The maximum Gasteiger partial charge on any atom is 0.00975 e. The fourth-order valence-corrected chi connectivity index (χ4v) is 1.03. The van der Waals surface area contributed by atoms with Crippen molar-refractivity contribution < 1.29 is 0 Å². The number of unbranched alkanes of at least 4 members (excludes halogenated alkanes) is 2. The van der Waals surface area contributed by atoms with Crippen molar-refractivity contribution in [1.82, 2.24) is 0 Å². The van der Waals surface area contributed by atoms with Gasteiger partial charge in [0.1, 0.15) is 0 Å². The minimum atomic E-state index is 1.08. The SMILES string of the molecule is CCCCC#CSCCC. The van der Waals surface area contributed by atoms with Crippen molar-refractivity contribution in [3.63, 3.8) is 0 Å². The molecule has 0 saturated heterocycles. The van der Waals surface area contributed by atoms with Gasteiger partial charge in [-0.05, 0) is 18.1 Å². The Balaban J connectivity index is 2.98. The van der Waals surface area contributed by atoms with Crippen molar-refractivity contribution in [2.75, 3.05) is 5.75 Å². The molecule has 0 unspecified atom stereocenters. The molecule has 0 aromatic heterocycles. The Morgan fingerprint density at radius 3 is 2.60 bits per heavy atom. The van der Waals surface area contributed by atoms with Crippen molar-refractivity contribution in [2.24, 2.45) is 0 Å². The van der Waals surface area contributed by atoms with Crippen molar-refractivity contribution in [1.29, 1.82) is 0 Å². The maximum absolute atomic E-state index is 3.13. The topological polar surface area (TPSA) is 0 Å². The van der Waals surface area contributed by atoms with Gasteiger partial charge in [-0.25, -0.2) is 0 Å². The highest BCUT2D eigenvalue weighted by molar-refractivity contribution is 8.03. The standard InChI is InChI=1S/C9H16S/c1-3-5-6-7-9-10-8-4-2/h3-6,8H2,1-2H3. The Labute approximate surface area is 68.8 Å². The van der Waals surface area contributed by atoms with Crippen molar-refractivity contribution in [2.45, 2.75) is 39.5 Å². The lowest BCUT2D eigenvalue weighted by molar-refractivity contribution is 0.828. The third-order valence-corrected chi connectivity index (χ3v) is 2.01. The number of rotatable bonds is 4. The van der Waals surface area contributed by atoms with E-state index in [4.69, 9.17) is 0 Å². The van der Waals surface area contributed by atoms with Gasteiger partial charge in [0.25, 0.3) is 0 Å². The predicted octanol–water partition coefficient (Wildman–Crippen LogP) is 3.28. The largest absolute Gasteiger partial charge is 0.0913 e. The van der Waals surface area contributed by atoms with Crippen molar-refractivity contribution in [3.8, 4) is 11.2 Å². The lowest BCUT2D eigenvalue weighted by Crippen LogP contribution is -1.69. The monoisotopic (exact) mass is 156 g/mol. The van der Waals surface area contributed by atoms with Crippen LogP contribution in [0.1, 0.15) is 39.5 Å². The van der Waals surface area contributed by atoms with Gasteiger partial charge < -0.3 is 0 Å². The molecule has 0 fully saturated rings. The molecule has 0 radical (unpaired) electrons. The second kappa shape index (κ2) is 8.91. The molecule has 0 spiro atoms. The van der Waals surface area contributed by atoms with E-state index in [2.05, 4.69) is 25.0 Å². The van der Waals surface area contributed by atoms with Gasteiger partial charge >= 0.3 is 0 Å². The van der Waals surface area contributed by atoms with Crippen LogP contribution in [0.2, 0.25) is 0 Å². The zero-order valence-corrected chi connectivity index (χ0v) is 7.76. The molecule has 0 bridgehead atoms. The van der Waals surface area contributed by atoms with Gasteiger partial charge in [-0.15, -0.1) is 0 Å². The van der Waals surface area contributed by atoms with Gasteiger partial charge in [-0.3, -0.25) is 0 Å². The number of thioether (sulfide) groups is 1. The van der Waals surface area contributed by atoms with E-state index in [9.17, 15) is 0 Å². The predicted molar refractivity (Wildman–Crippen MR) is 50.1 cm³/mol. The van der Waals surface area contributed by atoms with Crippen LogP contribution in [0.15, 0.2) is 0 Å². The van der Waals surface area contributed by atoms with Gasteiger partial charge in [-0.1, -0.05) is 38.0 Å². The van der Waals surface area contributed by atoms with Crippen molar-refractivity contribution in [3.05, 3.63) is 0 Å². The quantitative estimate of drug-likeness (QED) is 0.444. The first-order valence-electron chi connectivity index (χ1n) is 4.01. The lowest BCUT2D eigenvalue weighted by Gasteiger charge is -1.85. The molecule has 0 atom stereocenters. The fourth-order valence-electron chi connectivity index (χ4n) is 0.520. The maximum atomic E-state index is 3.13. The fraction of sp³-hybridized carbons (Fsp3) is 0.778. The molecule has 0 rings (SSSR count). The molecule has 0 aliphatic carbocycles. The smallest absolute Gasteiger partial charge is 0.00975 e. The van der Waals surface area contributed by atoms with E-state index in [1.165, 1.54) is 25.0 Å². The molecule has 58 valence electrons. The van der Waals surface area contributed by atoms with E-state index >= 15 is 0 Å². The third kappa shape index (κ3) is 7.91. The Hall–Kier alpha value is -0.0900. The molecular weight excluding hydrogens is 140 g/mol. The summed E-state index contributed by atoms with van der Waals surface area (Å²) < 4.78 is 0. The minimum Gasteiger partial charge on any atom is -0.0913 e. The van der Waals surface area contributed by atoms with E-state index in [1.54, 1.807) is 11.8 Å². The van der Waals surface area contributed by atoms with Crippen LogP contribution in [0.5, 0.6) is 0 Å². The Kier molecular flexibility index (Phi) is 8.83. The van der Waals surface area contributed by atoms with Gasteiger partial charge in [0.05, 0.1) is 0 Å². The number of hydrogen-bond donors (Lipinski definition) is 0. The highest BCUT2D eigenvalue weighted by Gasteiger charge is 1.77. The highest BCUT2D eigenvalue weighted by Crippen LogP contribution is 1.99. The first-order valence-corrected chi connectivity index (χ1v) is 5.00. The van der Waals surface area contributed by atoms with Crippen LogP contribution in [0.3, 0.4) is 0 Å². The van der Waals surface area contributed by atoms with Crippen LogP contribution < -0.4 is 0 Å². The number of hydrogen-bond acceptors (Lipinski definition) is 1. The Morgan fingerprint density at radius 2 is 2.00 bits per heavy atom. The van der Waals surface area contributed by atoms with E-state index in [-0.39, 0.29) is 0 Å². The average Bonchev–Trinajstić information content (AvgIpc) is 1.97. The van der Waals surface area contributed by atoms with E-state index in [0.29, 0.717) is 0 Å². The molecule has 0 aromatic carbocycles. The third-order valence-electron chi connectivity index (χ3n) is 1.11. The highest BCUT2D eigenvalue weighted by atomic mass is 32.2. The second-order valence-electron chi connectivity index (χ2n) is 2.23. The summed E-state index contributed by atoms with van der Waals surface area (Å²) >= 11 is 1.74. The summed E-state index contributed by atoms with van der Waals surface area (Å²) in [5, 5.41) is 3.09. The van der Waals surface area contributed by atoms with Crippen LogP contribution in [-0.4, -0.2) is 5.75 Å². The van der Waals surface area contributed by atoms with Crippen LogP contribution in [-0.2, 0) is 0 Å². The molecule has 0 saturated carbocycles. The average molecular weight is 156 g/mol. The molecule has 0 nitrogen and oxygen atoms in total. The summed E-state index contributed by atoms with van der Waals surface area (Å²) in [6.45, 7) is 4.38. The molecule has 1 heteroatoms. The summed E-state index contributed by atoms with van der Waals surface area (Å²) in [4.78, 5) is 0. The molecule has 0 amide bonds. The summed E-state index contributed by atoms with van der Waals surface area (Å²) in [7, 11) is 0. The van der Waals surface area contributed by atoms with Gasteiger partial charge in [-0.2, -0.15) is 0 Å². The van der Waals surface area contributed by atoms with Crippen LogP contribution in [0, 0.1) is 11.2 Å². The second-order valence-corrected chi connectivity index (χ2v) is 3.13. The summed E-state index contributed by atoms with van der Waals surface area (Å²) in [5.74, 6) is 4.31. The van der Waals surface area contributed by atoms with Crippen LogP contribution in [0.4, 0.5) is 0 Å². The minimum absolute atomic E-state index is 1.08. The van der Waals surface area contributed by atoms with Gasteiger partial charge in [0.15, 0.2) is 0 Å². The molecule has 10 heavy (non-hydrogen) atoms. The molecule has 0 N–H and O–H groups in total. The van der Waals surface area contributed by atoms with Crippen LogP contribution in [0.25, 0.3) is 0 Å². The Morgan fingerprint density at radius 1 is 1.20 bits per heavy atom. The Bertz CT molecular complexity index is 95.6. The first-order chi connectivity index (χ1) is 4.91. The van der Waals surface area contributed by atoms with E-state index in [0.717, 1.165) is 6.42 Å². The normalized spacial score (nSPS) is 8.60. The zero-order chi connectivity index (χ0) is 7.66. The van der Waals surface area contributed by atoms with Gasteiger partial charge in [0, 0.05) is 12.2 Å². The van der Waals surface area contributed by atoms with E-state index < -0.39 is 0 Å².